The number of aromatic nitrogens is 2. The Morgan fingerprint density at radius 1 is 1.11 bits per heavy atom. The number of benzene rings is 2. The quantitative estimate of drug-likeness (QED) is 0.474. The normalized spacial score (nSPS) is 16.3. The van der Waals surface area contributed by atoms with Crippen molar-refractivity contribution < 1.29 is 14.1 Å². The van der Waals surface area contributed by atoms with Crippen molar-refractivity contribution in [2.75, 3.05) is 44.7 Å². The van der Waals surface area contributed by atoms with E-state index in [2.05, 4.69) is 49.5 Å². The van der Waals surface area contributed by atoms with Gasteiger partial charge in [-0.2, -0.15) is 4.98 Å². The predicted octanol–water partition coefficient (Wildman–Crippen LogP) is 3.53. The van der Waals surface area contributed by atoms with Gasteiger partial charge in [0.05, 0.1) is 13.7 Å². The summed E-state index contributed by atoms with van der Waals surface area (Å²) in [6, 6.07) is 16.2. The maximum absolute atomic E-state index is 12.7. The van der Waals surface area contributed by atoms with Gasteiger partial charge in [-0.25, -0.2) is 0 Å². The zero-order chi connectivity index (χ0) is 24.0. The number of ether oxygens (including phenoxy) is 1. The molecule has 1 fully saturated rings. The average Bonchev–Trinajstić information content (AvgIpc) is 3.54. The number of fused-ring (bicyclic) bond motifs is 1. The Morgan fingerprint density at radius 3 is 2.71 bits per heavy atom. The first-order valence-electron chi connectivity index (χ1n) is 12.5. The van der Waals surface area contributed by atoms with E-state index in [1.165, 1.54) is 11.3 Å². The number of carbonyl (C=O) groups excluding carboxylic acids is 1. The minimum absolute atomic E-state index is 0.0799. The second-order valence-electron chi connectivity index (χ2n) is 9.30. The first kappa shape index (κ1) is 23.4. The lowest BCUT2D eigenvalue weighted by Crippen LogP contribution is -2.40. The summed E-state index contributed by atoms with van der Waals surface area (Å²) in [6.07, 6.45) is 3.79. The highest BCUT2D eigenvalue weighted by molar-refractivity contribution is 5.78. The number of methoxy groups -OCH3 is 1. The molecule has 0 unspecified atom stereocenters. The largest absolute Gasteiger partial charge is 0.497 e. The van der Waals surface area contributed by atoms with E-state index in [0.29, 0.717) is 18.3 Å². The van der Waals surface area contributed by atoms with E-state index in [4.69, 9.17) is 9.26 Å². The van der Waals surface area contributed by atoms with Gasteiger partial charge in [0.25, 0.3) is 0 Å². The molecule has 0 atom stereocenters. The number of amides is 1. The minimum Gasteiger partial charge on any atom is -0.497 e. The van der Waals surface area contributed by atoms with Crippen LogP contribution in [0.4, 0.5) is 5.69 Å². The van der Waals surface area contributed by atoms with E-state index in [0.717, 1.165) is 69.7 Å². The van der Waals surface area contributed by atoms with Gasteiger partial charge in [0.15, 0.2) is 0 Å². The predicted molar refractivity (Wildman–Crippen MR) is 134 cm³/mol. The third kappa shape index (κ3) is 5.65. The molecule has 5 rings (SSSR count). The van der Waals surface area contributed by atoms with Crippen LogP contribution in [0.15, 0.2) is 53.1 Å². The molecule has 1 amide bonds. The number of rotatable bonds is 9. The molecule has 1 N–H and O–H groups in total. The lowest BCUT2D eigenvalue weighted by Gasteiger charge is -2.30. The van der Waals surface area contributed by atoms with E-state index in [9.17, 15) is 4.79 Å². The monoisotopic (exact) mass is 475 g/mol. The Labute approximate surface area is 206 Å². The van der Waals surface area contributed by atoms with Crippen molar-refractivity contribution >= 4 is 11.6 Å². The first-order chi connectivity index (χ1) is 17.2. The van der Waals surface area contributed by atoms with E-state index in [1.807, 2.05) is 24.3 Å². The molecular formula is C27H33N5O3. The van der Waals surface area contributed by atoms with Gasteiger partial charge >= 0.3 is 0 Å². The zero-order valence-electron chi connectivity index (χ0n) is 20.3. The van der Waals surface area contributed by atoms with Gasteiger partial charge in [-0.3, -0.25) is 9.69 Å². The summed E-state index contributed by atoms with van der Waals surface area (Å²) in [5.41, 5.74) is 3.68. The Bertz CT molecular complexity index is 1120. The molecule has 35 heavy (non-hydrogen) atoms. The number of nitrogens with one attached hydrogen (secondary N) is 1. The highest BCUT2D eigenvalue weighted by atomic mass is 16.5. The summed E-state index contributed by atoms with van der Waals surface area (Å²) in [5, 5.41) is 7.27. The third-order valence-electron chi connectivity index (χ3n) is 7.02. The molecule has 184 valence electrons. The lowest BCUT2D eigenvalue weighted by molar-refractivity contribution is -0.126. The molecule has 3 heterocycles. The standard InChI is InChI=1S/C27H33N5O3/c1-34-23-9-7-21(8-10-23)26-29-25(35-30-26)19-31-16-11-22(12-17-31)27(33)28-14-4-15-32-18-13-20-5-2-3-6-24(20)32/h2-3,5-10,22H,4,11-19H2,1H3,(H,28,33). The summed E-state index contributed by atoms with van der Waals surface area (Å²) >= 11 is 0. The number of piperidine rings is 1. The molecule has 0 bridgehead atoms. The molecule has 8 nitrogen and oxygen atoms in total. The van der Waals surface area contributed by atoms with E-state index < -0.39 is 0 Å². The van der Waals surface area contributed by atoms with Gasteiger partial charge in [-0.1, -0.05) is 23.4 Å². The Hall–Kier alpha value is -3.39. The maximum Gasteiger partial charge on any atom is 0.241 e. The van der Waals surface area contributed by atoms with Crippen LogP contribution < -0.4 is 15.0 Å². The van der Waals surface area contributed by atoms with Gasteiger partial charge in [0, 0.05) is 36.8 Å². The van der Waals surface area contributed by atoms with E-state index in [-0.39, 0.29) is 11.8 Å². The SMILES string of the molecule is COc1ccc(-c2noc(CN3CCC(C(=O)NCCCN4CCc5ccccc54)CC3)n2)cc1. The second kappa shape index (κ2) is 10.9. The highest BCUT2D eigenvalue weighted by Crippen LogP contribution is 2.27. The van der Waals surface area contributed by atoms with Crippen LogP contribution in [0.25, 0.3) is 11.4 Å². The van der Waals surface area contributed by atoms with E-state index in [1.54, 1.807) is 7.11 Å². The van der Waals surface area contributed by atoms with Gasteiger partial charge < -0.3 is 19.5 Å². The van der Waals surface area contributed by atoms with Crippen LogP contribution >= 0.6 is 0 Å². The fourth-order valence-corrected chi connectivity index (χ4v) is 4.99. The molecule has 0 saturated carbocycles. The molecule has 2 aromatic carbocycles. The number of hydrogen-bond donors (Lipinski definition) is 1. The number of para-hydroxylation sites is 1. The van der Waals surface area contributed by atoms with Crippen molar-refractivity contribution in [2.45, 2.75) is 32.2 Å². The number of hydrogen-bond acceptors (Lipinski definition) is 7. The number of nitrogens with zero attached hydrogens (tertiary/aromatic N) is 4. The first-order valence-corrected chi connectivity index (χ1v) is 12.5. The smallest absolute Gasteiger partial charge is 0.241 e. The molecule has 2 aliphatic heterocycles. The second-order valence-corrected chi connectivity index (χ2v) is 9.30. The van der Waals surface area contributed by atoms with Crippen molar-refractivity contribution in [2.24, 2.45) is 5.92 Å². The molecule has 2 aliphatic rings. The molecule has 8 heteroatoms. The Balaban J connectivity index is 1.02. The van der Waals surface area contributed by atoms with E-state index >= 15 is 0 Å². The summed E-state index contributed by atoms with van der Waals surface area (Å²) < 4.78 is 10.7. The Kier molecular flexibility index (Phi) is 7.28. The lowest BCUT2D eigenvalue weighted by atomic mass is 9.96. The molecule has 3 aromatic rings. The topological polar surface area (TPSA) is 83.7 Å². The van der Waals surface area contributed by atoms with Crippen molar-refractivity contribution in [1.29, 1.82) is 0 Å². The maximum atomic E-state index is 12.7. The zero-order valence-corrected chi connectivity index (χ0v) is 20.3. The van der Waals surface area contributed by atoms with Crippen molar-refractivity contribution in [3.05, 3.63) is 60.0 Å². The van der Waals surface area contributed by atoms with Gasteiger partial charge in [-0.05, 0) is 74.7 Å². The molecule has 0 radical (unpaired) electrons. The van der Waals surface area contributed by atoms with Crippen LogP contribution in [0.2, 0.25) is 0 Å². The van der Waals surface area contributed by atoms with Crippen LogP contribution in [0.5, 0.6) is 5.75 Å². The van der Waals surface area contributed by atoms with Gasteiger partial charge in [-0.15, -0.1) is 0 Å². The number of anilines is 1. The highest BCUT2D eigenvalue weighted by Gasteiger charge is 2.26. The molecule has 0 aliphatic carbocycles. The van der Waals surface area contributed by atoms with Gasteiger partial charge in [0.2, 0.25) is 17.6 Å². The summed E-state index contributed by atoms with van der Waals surface area (Å²) in [7, 11) is 1.64. The van der Waals surface area contributed by atoms with Crippen LogP contribution in [0.3, 0.4) is 0 Å². The minimum atomic E-state index is 0.0799. The average molecular weight is 476 g/mol. The Morgan fingerprint density at radius 2 is 1.91 bits per heavy atom. The van der Waals surface area contributed by atoms with Crippen LogP contribution in [0, 0.1) is 5.92 Å². The van der Waals surface area contributed by atoms with Crippen molar-refractivity contribution in [3.63, 3.8) is 0 Å². The van der Waals surface area contributed by atoms with Crippen molar-refractivity contribution in [3.8, 4) is 17.1 Å². The van der Waals surface area contributed by atoms with Crippen LogP contribution in [-0.2, 0) is 17.8 Å². The number of carbonyl (C=O) groups is 1. The van der Waals surface area contributed by atoms with Gasteiger partial charge in [0.1, 0.15) is 5.75 Å². The summed E-state index contributed by atoms with van der Waals surface area (Å²) in [4.78, 5) is 21.9. The number of likely N-dealkylation sites (tertiary alicyclic amines) is 1. The van der Waals surface area contributed by atoms with Crippen LogP contribution in [-0.4, -0.2) is 60.8 Å². The third-order valence-corrected chi connectivity index (χ3v) is 7.02. The molecule has 1 saturated heterocycles. The fourth-order valence-electron chi connectivity index (χ4n) is 4.99. The fraction of sp³-hybridized carbons (Fsp3) is 0.444. The summed E-state index contributed by atoms with van der Waals surface area (Å²) in [5.74, 6) is 2.24. The summed E-state index contributed by atoms with van der Waals surface area (Å²) in [6.45, 7) is 5.10. The van der Waals surface area contributed by atoms with Crippen LogP contribution in [0.1, 0.15) is 30.7 Å². The molecule has 0 spiro atoms. The van der Waals surface area contributed by atoms with Crippen molar-refractivity contribution in [1.82, 2.24) is 20.4 Å². The molecular weight excluding hydrogens is 442 g/mol. The molecule has 1 aromatic heterocycles.